The van der Waals surface area contributed by atoms with Crippen LogP contribution >= 0.6 is 7.82 Å². The highest BCUT2D eigenvalue weighted by atomic mass is 31.2. The van der Waals surface area contributed by atoms with Crippen molar-refractivity contribution in [3.63, 3.8) is 0 Å². The van der Waals surface area contributed by atoms with Crippen LogP contribution in [0.4, 0.5) is 0 Å². The molecule has 0 aliphatic heterocycles. The molecule has 0 fully saturated rings. The molecule has 0 aliphatic rings. The van der Waals surface area contributed by atoms with Crippen LogP contribution < -0.4 is 0 Å². The topological polar surface area (TPSA) is 83.8 Å². The maximum atomic E-state index is 10.9. The highest BCUT2D eigenvalue weighted by Gasteiger charge is 2.25. The first-order valence-corrected chi connectivity index (χ1v) is 9.29. The van der Waals surface area contributed by atoms with Crippen molar-refractivity contribution in [2.75, 3.05) is 0 Å². The Balaban J connectivity index is 0.000000240. The fourth-order valence-corrected chi connectivity index (χ4v) is 2.46. The number of hydrogen-bond donors (Lipinski definition) is 2. The monoisotopic (exact) mass is 350 g/mol. The summed E-state index contributed by atoms with van der Waals surface area (Å²) in [5.74, 6) is -1.24. The number of rotatable bonds is 5. The number of hydrogen-bond acceptors (Lipinski definition) is 3. The Bertz CT molecular complexity index is 610. The van der Waals surface area contributed by atoms with Crippen molar-refractivity contribution in [3.05, 3.63) is 60.7 Å². The summed E-state index contributed by atoms with van der Waals surface area (Å²) in [4.78, 5) is 27.5. The van der Waals surface area contributed by atoms with Crippen LogP contribution in [0.25, 0.3) is 11.1 Å². The van der Waals surface area contributed by atoms with Crippen molar-refractivity contribution in [2.24, 2.45) is 5.92 Å². The standard InChI is InChI=1S/C12H10.C6H13O5P/c1-3-7-11(8-4-1)12-9-5-2-6-10-12;1-3-5(4-2)6(7)11-12(8,9)10/h1-10H;5H,3-4H2,1-2H3,(H2,8,9,10). The van der Waals surface area contributed by atoms with Gasteiger partial charge in [-0.25, -0.2) is 4.57 Å². The van der Waals surface area contributed by atoms with Gasteiger partial charge in [-0.3, -0.25) is 14.6 Å². The number of phosphoric acid groups is 1. The molecular weight excluding hydrogens is 327 g/mol. The third-order valence-corrected chi connectivity index (χ3v) is 3.83. The first kappa shape index (κ1) is 20.1. The lowest BCUT2D eigenvalue weighted by Gasteiger charge is -2.11. The summed E-state index contributed by atoms with van der Waals surface area (Å²) in [5.41, 5.74) is 2.55. The van der Waals surface area contributed by atoms with E-state index in [2.05, 4.69) is 53.1 Å². The van der Waals surface area contributed by atoms with Crippen molar-refractivity contribution in [2.45, 2.75) is 26.7 Å². The minimum absolute atomic E-state index is 0.419. The van der Waals surface area contributed by atoms with Gasteiger partial charge in [0, 0.05) is 0 Å². The zero-order valence-corrected chi connectivity index (χ0v) is 14.7. The molecule has 0 aromatic heterocycles. The fourth-order valence-electron chi connectivity index (χ4n) is 2.07. The highest BCUT2D eigenvalue weighted by molar-refractivity contribution is 7.46. The molecule has 0 spiro atoms. The van der Waals surface area contributed by atoms with Crippen LogP contribution in [0, 0.1) is 5.92 Å². The van der Waals surface area contributed by atoms with E-state index in [0.717, 1.165) is 0 Å². The summed E-state index contributed by atoms with van der Waals surface area (Å²) >= 11 is 0. The van der Waals surface area contributed by atoms with Crippen LogP contribution in [0.3, 0.4) is 0 Å². The summed E-state index contributed by atoms with van der Waals surface area (Å²) in [6, 6.07) is 20.8. The van der Waals surface area contributed by atoms with E-state index in [9.17, 15) is 9.36 Å². The molecule has 0 saturated carbocycles. The maximum Gasteiger partial charge on any atom is 0.526 e. The molecule has 0 amide bonds. The van der Waals surface area contributed by atoms with Gasteiger partial charge >= 0.3 is 13.8 Å². The minimum Gasteiger partial charge on any atom is -0.370 e. The molecule has 0 bridgehead atoms. The summed E-state index contributed by atoms with van der Waals surface area (Å²) < 4.78 is 14.1. The molecule has 0 aliphatic carbocycles. The lowest BCUT2D eigenvalue weighted by molar-refractivity contribution is -0.140. The van der Waals surface area contributed by atoms with Crippen LogP contribution in [0.5, 0.6) is 0 Å². The van der Waals surface area contributed by atoms with Gasteiger partial charge in [0.15, 0.2) is 0 Å². The quantitative estimate of drug-likeness (QED) is 0.780. The molecule has 0 heterocycles. The van der Waals surface area contributed by atoms with Gasteiger partial charge in [-0.2, -0.15) is 0 Å². The second-order valence-corrected chi connectivity index (χ2v) is 6.31. The van der Waals surface area contributed by atoms with Crippen molar-refractivity contribution < 1.29 is 23.7 Å². The summed E-state index contributed by atoms with van der Waals surface area (Å²) in [6.07, 6.45) is 1.05. The predicted octanol–water partition coefficient (Wildman–Crippen LogP) is 4.41. The van der Waals surface area contributed by atoms with Gasteiger partial charge in [-0.05, 0) is 24.0 Å². The zero-order valence-electron chi connectivity index (χ0n) is 13.8. The molecule has 0 radical (unpaired) electrons. The summed E-state index contributed by atoms with van der Waals surface area (Å²) in [5, 5.41) is 0. The maximum absolute atomic E-state index is 10.9. The van der Waals surface area contributed by atoms with Crippen molar-refractivity contribution >= 4 is 13.8 Å². The predicted molar refractivity (Wildman–Crippen MR) is 94.1 cm³/mol. The van der Waals surface area contributed by atoms with E-state index in [-0.39, 0.29) is 0 Å². The van der Waals surface area contributed by atoms with E-state index in [1.165, 1.54) is 11.1 Å². The molecule has 0 saturated heterocycles. The van der Waals surface area contributed by atoms with Crippen LogP contribution in [0.2, 0.25) is 0 Å². The van der Waals surface area contributed by atoms with E-state index < -0.39 is 19.7 Å². The number of carbonyl (C=O) groups is 1. The molecule has 0 atom stereocenters. The Morgan fingerprint density at radius 1 is 0.917 bits per heavy atom. The lowest BCUT2D eigenvalue weighted by Crippen LogP contribution is -2.14. The highest BCUT2D eigenvalue weighted by Crippen LogP contribution is 2.37. The second-order valence-electron chi connectivity index (χ2n) is 5.15. The Hall–Kier alpha value is -1.94. The first-order valence-electron chi connectivity index (χ1n) is 7.76. The van der Waals surface area contributed by atoms with E-state index in [1.807, 2.05) is 12.1 Å². The van der Waals surface area contributed by atoms with Crippen molar-refractivity contribution in [1.82, 2.24) is 0 Å². The average molecular weight is 350 g/mol. The Kier molecular flexibility index (Phi) is 8.41. The molecule has 2 rings (SSSR count). The van der Waals surface area contributed by atoms with Crippen LogP contribution in [-0.2, 0) is 13.9 Å². The van der Waals surface area contributed by atoms with E-state index >= 15 is 0 Å². The van der Waals surface area contributed by atoms with Gasteiger partial charge in [-0.15, -0.1) is 0 Å². The molecule has 5 nitrogen and oxygen atoms in total. The largest absolute Gasteiger partial charge is 0.526 e. The zero-order chi connectivity index (χ0) is 18.0. The molecule has 24 heavy (non-hydrogen) atoms. The van der Waals surface area contributed by atoms with Crippen LogP contribution in [0.15, 0.2) is 60.7 Å². The summed E-state index contributed by atoms with van der Waals surface area (Å²) in [6.45, 7) is 3.52. The molecule has 2 aromatic carbocycles. The number of phosphoric ester groups is 1. The molecule has 2 N–H and O–H groups in total. The Labute approximate surface area is 142 Å². The Morgan fingerprint density at radius 3 is 1.58 bits per heavy atom. The smallest absolute Gasteiger partial charge is 0.370 e. The lowest BCUT2D eigenvalue weighted by atomic mass is 10.0. The number of carbonyl (C=O) groups excluding carboxylic acids is 1. The van der Waals surface area contributed by atoms with E-state index in [0.29, 0.717) is 12.8 Å². The third kappa shape index (κ3) is 7.55. The van der Waals surface area contributed by atoms with E-state index in [4.69, 9.17) is 9.79 Å². The van der Waals surface area contributed by atoms with Gasteiger partial charge in [0.2, 0.25) is 0 Å². The normalized spacial score (nSPS) is 10.7. The summed E-state index contributed by atoms with van der Waals surface area (Å²) in [7, 11) is -4.65. The minimum atomic E-state index is -4.65. The van der Waals surface area contributed by atoms with Crippen LogP contribution in [-0.4, -0.2) is 15.8 Å². The average Bonchev–Trinajstić information content (AvgIpc) is 2.56. The fraction of sp³-hybridized carbons (Fsp3) is 0.278. The van der Waals surface area contributed by atoms with Gasteiger partial charge in [0.05, 0.1) is 5.92 Å². The number of benzene rings is 2. The van der Waals surface area contributed by atoms with Crippen molar-refractivity contribution in [1.29, 1.82) is 0 Å². The SMILES string of the molecule is CCC(CC)C(=O)OP(=O)(O)O.c1ccc(-c2ccccc2)cc1. The van der Waals surface area contributed by atoms with Gasteiger partial charge in [0.1, 0.15) is 0 Å². The Morgan fingerprint density at radius 2 is 1.29 bits per heavy atom. The molecule has 130 valence electrons. The molecular formula is C18H23O5P. The van der Waals surface area contributed by atoms with Crippen LogP contribution in [0.1, 0.15) is 26.7 Å². The molecule has 2 aromatic rings. The van der Waals surface area contributed by atoms with Gasteiger partial charge < -0.3 is 4.52 Å². The second kappa shape index (κ2) is 10.0. The molecule has 0 unspecified atom stereocenters. The molecule has 6 heteroatoms. The van der Waals surface area contributed by atoms with Gasteiger partial charge in [0.25, 0.3) is 0 Å². The van der Waals surface area contributed by atoms with E-state index in [1.54, 1.807) is 13.8 Å². The van der Waals surface area contributed by atoms with Gasteiger partial charge in [-0.1, -0.05) is 74.5 Å². The third-order valence-electron chi connectivity index (χ3n) is 3.41. The first-order chi connectivity index (χ1) is 11.4. The van der Waals surface area contributed by atoms with Crippen molar-refractivity contribution in [3.8, 4) is 11.1 Å².